The molecule has 7 heteroatoms. The largest absolute Gasteiger partial charge is 0.445 e. The lowest BCUT2D eigenvalue weighted by Crippen LogP contribution is -2.48. The monoisotopic (exact) mass is 313 g/mol. The van der Waals surface area contributed by atoms with Crippen LogP contribution in [0.4, 0.5) is 4.79 Å². The Kier molecular flexibility index (Phi) is 5.19. The van der Waals surface area contributed by atoms with Gasteiger partial charge in [0.1, 0.15) is 11.9 Å². The summed E-state index contributed by atoms with van der Waals surface area (Å²) in [6, 6.07) is 8.60. The van der Waals surface area contributed by atoms with Crippen LogP contribution in [-0.2, 0) is 21.5 Å². The molecular weight excluding hydrogens is 294 g/mol. The fourth-order valence-electron chi connectivity index (χ4n) is 2.53. The van der Waals surface area contributed by atoms with Crippen molar-refractivity contribution in [1.29, 1.82) is 0 Å². The molecule has 0 saturated heterocycles. The Bertz CT molecular complexity index is 572. The van der Waals surface area contributed by atoms with Gasteiger partial charge in [0.25, 0.3) is 10.1 Å². The molecule has 1 fully saturated rings. The number of benzene rings is 1. The molecule has 0 spiro atoms. The number of alkyl carbamates (subject to hydrolysis) is 1. The van der Waals surface area contributed by atoms with E-state index in [0.717, 1.165) is 18.4 Å². The van der Waals surface area contributed by atoms with E-state index in [4.69, 9.17) is 4.74 Å². The van der Waals surface area contributed by atoms with Crippen molar-refractivity contribution in [3.8, 4) is 0 Å². The molecule has 0 heterocycles. The molecule has 0 aliphatic heterocycles. The van der Waals surface area contributed by atoms with E-state index >= 15 is 0 Å². The van der Waals surface area contributed by atoms with Crippen molar-refractivity contribution in [1.82, 2.24) is 5.32 Å². The number of nitrogens with one attached hydrogen (secondary N) is 1. The van der Waals surface area contributed by atoms with Gasteiger partial charge in [-0.3, -0.25) is 4.55 Å². The molecule has 0 radical (unpaired) electrons. The molecule has 0 bridgehead atoms. The van der Waals surface area contributed by atoms with E-state index in [9.17, 15) is 17.8 Å². The van der Waals surface area contributed by atoms with Gasteiger partial charge < -0.3 is 10.1 Å². The Balaban J connectivity index is 1.89. The number of rotatable bonds is 4. The average molecular weight is 313 g/mol. The van der Waals surface area contributed by atoms with E-state index in [1.54, 1.807) is 0 Å². The second kappa shape index (κ2) is 6.91. The zero-order valence-electron chi connectivity index (χ0n) is 11.6. The molecule has 6 nitrogen and oxygen atoms in total. The molecule has 2 N–H and O–H groups in total. The molecule has 2 rings (SSSR count). The highest BCUT2D eigenvalue weighted by atomic mass is 32.2. The van der Waals surface area contributed by atoms with E-state index in [-0.39, 0.29) is 6.61 Å². The topological polar surface area (TPSA) is 92.7 Å². The van der Waals surface area contributed by atoms with Gasteiger partial charge in [-0.25, -0.2) is 4.79 Å². The van der Waals surface area contributed by atoms with Crippen molar-refractivity contribution in [2.75, 3.05) is 0 Å². The Morgan fingerprint density at radius 1 is 1.24 bits per heavy atom. The predicted octanol–water partition coefficient (Wildman–Crippen LogP) is 2.11. The first-order valence-corrected chi connectivity index (χ1v) is 8.40. The molecule has 1 aliphatic carbocycles. The van der Waals surface area contributed by atoms with Crippen LogP contribution in [0.25, 0.3) is 0 Å². The number of hydrogen-bond donors (Lipinski definition) is 2. The second-order valence-electron chi connectivity index (χ2n) is 5.15. The van der Waals surface area contributed by atoms with Crippen LogP contribution in [0.1, 0.15) is 31.2 Å². The Hall–Kier alpha value is -1.60. The van der Waals surface area contributed by atoms with Crippen molar-refractivity contribution in [2.24, 2.45) is 0 Å². The Labute approximate surface area is 124 Å². The van der Waals surface area contributed by atoms with Crippen LogP contribution >= 0.6 is 0 Å². The van der Waals surface area contributed by atoms with E-state index in [2.05, 4.69) is 5.32 Å². The summed E-state index contributed by atoms with van der Waals surface area (Å²) in [6.07, 6.45) is 1.74. The first-order valence-electron chi connectivity index (χ1n) is 6.90. The maximum absolute atomic E-state index is 11.7. The smallest absolute Gasteiger partial charge is 0.407 e. The second-order valence-corrected chi connectivity index (χ2v) is 6.79. The van der Waals surface area contributed by atoms with Crippen LogP contribution in [-0.4, -0.2) is 30.4 Å². The van der Waals surface area contributed by atoms with Gasteiger partial charge >= 0.3 is 6.09 Å². The number of hydrogen-bond acceptors (Lipinski definition) is 4. The quantitative estimate of drug-likeness (QED) is 0.831. The number of ether oxygens (including phenoxy) is 1. The summed E-state index contributed by atoms with van der Waals surface area (Å²) in [5, 5.41) is 1.60. The van der Waals surface area contributed by atoms with Crippen molar-refractivity contribution >= 4 is 16.2 Å². The number of carbonyl (C=O) groups is 1. The summed E-state index contributed by atoms with van der Waals surface area (Å²) in [6.45, 7) is 0.121. The van der Waals surface area contributed by atoms with Crippen LogP contribution in [0.2, 0.25) is 0 Å². The van der Waals surface area contributed by atoms with Crippen LogP contribution in [0.5, 0.6) is 0 Å². The standard InChI is InChI=1S/C14H19NO5S/c16-14(20-10-11-6-2-1-3-7-11)15-12-8-4-5-9-13(12)21(17,18)19/h1-3,6-7,12-13H,4-5,8-10H2,(H,15,16)(H,17,18,19)/t12-,13+/m1/s1. The summed E-state index contributed by atoms with van der Waals surface area (Å²) < 4.78 is 36.9. The van der Waals surface area contributed by atoms with Gasteiger partial charge in [0.2, 0.25) is 0 Å². The molecule has 2 atom stereocenters. The van der Waals surface area contributed by atoms with Gasteiger partial charge in [-0.15, -0.1) is 0 Å². The molecule has 1 aliphatic rings. The van der Waals surface area contributed by atoms with Gasteiger partial charge in [-0.05, 0) is 18.4 Å². The first-order chi connectivity index (χ1) is 9.97. The molecule has 116 valence electrons. The highest BCUT2D eigenvalue weighted by Gasteiger charge is 2.35. The van der Waals surface area contributed by atoms with E-state index in [1.807, 2.05) is 30.3 Å². The molecule has 0 aromatic heterocycles. The summed E-state index contributed by atoms with van der Waals surface area (Å²) in [7, 11) is -4.16. The summed E-state index contributed by atoms with van der Waals surface area (Å²) in [5.74, 6) is 0. The SMILES string of the molecule is O=C(N[C@@H]1CCCC[C@@H]1S(=O)(=O)O)OCc1ccccc1. The maximum Gasteiger partial charge on any atom is 0.407 e. The van der Waals surface area contributed by atoms with Crippen LogP contribution in [0.3, 0.4) is 0 Å². The lowest BCUT2D eigenvalue weighted by atomic mass is 9.95. The Morgan fingerprint density at radius 3 is 2.57 bits per heavy atom. The first kappa shape index (κ1) is 15.8. The molecule has 1 aromatic carbocycles. The maximum atomic E-state index is 11.7. The zero-order chi connectivity index (χ0) is 15.3. The fraction of sp³-hybridized carbons (Fsp3) is 0.500. The fourth-order valence-corrected chi connectivity index (χ4v) is 3.62. The van der Waals surface area contributed by atoms with Crippen molar-refractivity contribution in [3.05, 3.63) is 35.9 Å². The van der Waals surface area contributed by atoms with Crippen LogP contribution in [0.15, 0.2) is 30.3 Å². The van der Waals surface area contributed by atoms with Gasteiger partial charge in [0, 0.05) is 0 Å². The molecule has 21 heavy (non-hydrogen) atoms. The third-order valence-electron chi connectivity index (χ3n) is 3.60. The summed E-state index contributed by atoms with van der Waals surface area (Å²) >= 11 is 0. The molecule has 1 aromatic rings. The number of carbonyl (C=O) groups excluding carboxylic acids is 1. The van der Waals surface area contributed by atoms with Crippen LogP contribution in [0, 0.1) is 0 Å². The summed E-state index contributed by atoms with van der Waals surface area (Å²) in [5.41, 5.74) is 0.850. The average Bonchev–Trinajstić information content (AvgIpc) is 2.46. The molecule has 1 amide bonds. The van der Waals surface area contributed by atoms with Gasteiger partial charge in [0.15, 0.2) is 0 Å². The predicted molar refractivity (Wildman–Crippen MR) is 77.4 cm³/mol. The van der Waals surface area contributed by atoms with Crippen LogP contribution < -0.4 is 5.32 Å². The third-order valence-corrected chi connectivity index (χ3v) is 4.93. The van der Waals surface area contributed by atoms with Gasteiger partial charge in [-0.2, -0.15) is 8.42 Å². The highest BCUT2D eigenvalue weighted by Crippen LogP contribution is 2.24. The minimum Gasteiger partial charge on any atom is -0.445 e. The zero-order valence-corrected chi connectivity index (χ0v) is 12.4. The molecule has 1 saturated carbocycles. The van der Waals surface area contributed by atoms with Gasteiger partial charge in [0.05, 0.1) is 6.04 Å². The lowest BCUT2D eigenvalue weighted by Gasteiger charge is -2.29. The van der Waals surface area contributed by atoms with E-state index < -0.39 is 27.5 Å². The minimum atomic E-state index is -4.16. The normalized spacial score (nSPS) is 22.5. The van der Waals surface area contributed by atoms with Crippen molar-refractivity contribution in [3.63, 3.8) is 0 Å². The summed E-state index contributed by atoms with van der Waals surface area (Å²) in [4.78, 5) is 11.7. The van der Waals surface area contributed by atoms with Gasteiger partial charge in [-0.1, -0.05) is 43.2 Å². The third kappa shape index (κ3) is 4.71. The lowest BCUT2D eigenvalue weighted by molar-refractivity contribution is 0.133. The number of amides is 1. The van der Waals surface area contributed by atoms with E-state index in [0.29, 0.717) is 12.8 Å². The molecule has 0 unspecified atom stereocenters. The minimum absolute atomic E-state index is 0.121. The Morgan fingerprint density at radius 2 is 1.90 bits per heavy atom. The van der Waals surface area contributed by atoms with E-state index in [1.165, 1.54) is 0 Å². The molecular formula is C14H19NO5S. The highest BCUT2D eigenvalue weighted by molar-refractivity contribution is 7.86. The van der Waals surface area contributed by atoms with Crippen molar-refractivity contribution < 1.29 is 22.5 Å². The van der Waals surface area contributed by atoms with Crippen molar-refractivity contribution in [2.45, 2.75) is 43.6 Å².